The van der Waals surface area contributed by atoms with E-state index in [2.05, 4.69) is 10.6 Å². The third-order valence-corrected chi connectivity index (χ3v) is 3.47. The monoisotopic (exact) mass is 379 g/mol. The van der Waals surface area contributed by atoms with E-state index in [1.165, 1.54) is 18.0 Å². The first-order valence-electron chi connectivity index (χ1n) is 8.73. The fraction of sp³-hybridized carbons (Fsp3) is 0.526. The quantitative estimate of drug-likeness (QED) is 0.700. The lowest BCUT2D eigenvalue weighted by molar-refractivity contribution is -0.138. The van der Waals surface area contributed by atoms with Gasteiger partial charge in [-0.25, -0.2) is 4.79 Å². The Morgan fingerprint density at radius 2 is 1.78 bits per heavy atom. The van der Waals surface area contributed by atoms with Crippen LogP contribution in [-0.4, -0.2) is 53.1 Å². The number of nitrogens with zero attached hydrogens (tertiary/aromatic N) is 1. The smallest absolute Gasteiger partial charge is 0.408 e. The van der Waals surface area contributed by atoms with Crippen LogP contribution in [0.4, 0.5) is 4.79 Å². The Hall–Kier alpha value is -2.77. The van der Waals surface area contributed by atoms with Crippen LogP contribution in [0.5, 0.6) is 5.75 Å². The lowest BCUT2D eigenvalue weighted by Crippen LogP contribution is -2.47. The summed E-state index contributed by atoms with van der Waals surface area (Å²) >= 11 is 0. The number of ether oxygens (including phenoxy) is 1. The SMILES string of the molecule is CC(C)NC(=O)C(c1ccccc1O)N(C)C(=O)CNC(=O)OC(C)(C)C. The van der Waals surface area contributed by atoms with Crippen molar-refractivity contribution in [3.63, 3.8) is 0 Å². The molecule has 0 saturated carbocycles. The topological polar surface area (TPSA) is 108 Å². The molecule has 3 N–H and O–H groups in total. The number of hydrogen-bond donors (Lipinski definition) is 3. The van der Waals surface area contributed by atoms with Gasteiger partial charge in [-0.15, -0.1) is 0 Å². The molecule has 0 aliphatic carbocycles. The van der Waals surface area contributed by atoms with E-state index >= 15 is 0 Å². The molecular weight excluding hydrogens is 350 g/mol. The summed E-state index contributed by atoms with van der Waals surface area (Å²) in [5.41, 5.74) is -0.391. The minimum absolute atomic E-state index is 0.0962. The molecule has 0 aliphatic rings. The molecule has 0 aromatic heterocycles. The summed E-state index contributed by atoms with van der Waals surface area (Å²) in [5, 5.41) is 15.3. The number of para-hydroxylation sites is 1. The molecule has 150 valence electrons. The van der Waals surface area contributed by atoms with Gasteiger partial charge in [0.05, 0.1) is 0 Å². The summed E-state index contributed by atoms with van der Waals surface area (Å²) < 4.78 is 5.09. The predicted octanol–water partition coefficient (Wildman–Crippen LogP) is 1.94. The molecule has 8 heteroatoms. The van der Waals surface area contributed by atoms with Gasteiger partial charge in [-0.1, -0.05) is 18.2 Å². The van der Waals surface area contributed by atoms with E-state index in [1.54, 1.807) is 52.8 Å². The highest BCUT2D eigenvalue weighted by atomic mass is 16.6. The molecule has 0 saturated heterocycles. The predicted molar refractivity (Wildman–Crippen MR) is 101 cm³/mol. The van der Waals surface area contributed by atoms with Gasteiger partial charge in [0.2, 0.25) is 11.8 Å². The van der Waals surface area contributed by atoms with E-state index in [4.69, 9.17) is 4.74 Å². The first-order chi connectivity index (χ1) is 12.4. The molecule has 1 aromatic rings. The largest absolute Gasteiger partial charge is 0.508 e. The zero-order valence-electron chi connectivity index (χ0n) is 16.7. The first-order valence-corrected chi connectivity index (χ1v) is 8.73. The first kappa shape index (κ1) is 22.3. The Bertz CT molecular complexity index is 682. The van der Waals surface area contributed by atoms with Crippen molar-refractivity contribution in [2.45, 2.75) is 52.3 Å². The van der Waals surface area contributed by atoms with E-state index in [0.717, 1.165) is 0 Å². The number of benzene rings is 1. The fourth-order valence-electron chi connectivity index (χ4n) is 2.34. The van der Waals surface area contributed by atoms with Crippen molar-refractivity contribution in [1.29, 1.82) is 0 Å². The van der Waals surface area contributed by atoms with Crippen LogP contribution in [0.1, 0.15) is 46.2 Å². The Morgan fingerprint density at radius 3 is 2.30 bits per heavy atom. The Kier molecular flexibility index (Phi) is 7.63. The Morgan fingerprint density at radius 1 is 1.19 bits per heavy atom. The average Bonchev–Trinajstić information content (AvgIpc) is 2.52. The molecule has 0 spiro atoms. The molecule has 0 aliphatic heterocycles. The van der Waals surface area contributed by atoms with Gasteiger partial charge in [0.1, 0.15) is 23.9 Å². The van der Waals surface area contributed by atoms with Crippen LogP contribution >= 0.6 is 0 Å². The van der Waals surface area contributed by atoms with Crippen molar-refractivity contribution in [2.75, 3.05) is 13.6 Å². The van der Waals surface area contributed by atoms with Crippen LogP contribution in [-0.2, 0) is 14.3 Å². The molecule has 8 nitrogen and oxygen atoms in total. The summed E-state index contributed by atoms with van der Waals surface area (Å²) in [5.74, 6) is -1.03. The highest BCUT2D eigenvalue weighted by molar-refractivity contribution is 5.90. The maximum Gasteiger partial charge on any atom is 0.408 e. The summed E-state index contributed by atoms with van der Waals surface area (Å²) in [6, 6.07) is 5.13. The zero-order chi connectivity index (χ0) is 20.8. The van der Waals surface area contributed by atoms with Gasteiger partial charge >= 0.3 is 6.09 Å². The molecule has 27 heavy (non-hydrogen) atoms. The van der Waals surface area contributed by atoms with Crippen LogP contribution in [0, 0.1) is 0 Å². The van der Waals surface area contributed by atoms with Gasteiger partial charge in [0, 0.05) is 18.7 Å². The van der Waals surface area contributed by atoms with Crippen LogP contribution in [0.2, 0.25) is 0 Å². The number of carbonyl (C=O) groups excluding carboxylic acids is 3. The molecule has 0 heterocycles. The molecule has 3 amide bonds. The normalized spacial score (nSPS) is 12.3. The maximum atomic E-state index is 12.6. The van der Waals surface area contributed by atoms with E-state index in [1.807, 2.05) is 0 Å². The lowest BCUT2D eigenvalue weighted by atomic mass is 10.0. The number of alkyl carbamates (subject to hydrolysis) is 1. The van der Waals surface area contributed by atoms with Crippen LogP contribution < -0.4 is 10.6 Å². The summed E-state index contributed by atoms with van der Waals surface area (Å²) in [6.45, 7) is 8.39. The number of rotatable bonds is 6. The van der Waals surface area contributed by atoms with Crippen LogP contribution in [0.25, 0.3) is 0 Å². The van der Waals surface area contributed by atoms with Crippen molar-refractivity contribution in [1.82, 2.24) is 15.5 Å². The second-order valence-corrected chi connectivity index (χ2v) is 7.48. The van der Waals surface area contributed by atoms with E-state index in [9.17, 15) is 19.5 Å². The molecule has 1 rings (SSSR count). The summed E-state index contributed by atoms with van der Waals surface area (Å²) in [7, 11) is 1.44. The zero-order valence-corrected chi connectivity index (χ0v) is 16.7. The number of likely N-dealkylation sites (N-methyl/N-ethyl adjacent to an activating group) is 1. The number of amides is 3. The number of phenolic OH excluding ortho intramolecular Hbond substituents is 1. The standard InChI is InChI=1S/C19H29N3O5/c1-12(2)21-17(25)16(13-9-7-8-10-14(13)23)22(6)15(24)11-20-18(26)27-19(3,4)5/h7-10,12,16,23H,11H2,1-6H3,(H,20,26)(H,21,25). The van der Waals surface area contributed by atoms with Crippen molar-refractivity contribution in [3.05, 3.63) is 29.8 Å². The van der Waals surface area contributed by atoms with Crippen molar-refractivity contribution < 1.29 is 24.2 Å². The third kappa shape index (κ3) is 7.16. The van der Waals surface area contributed by atoms with E-state index in [0.29, 0.717) is 5.56 Å². The average molecular weight is 379 g/mol. The molecule has 0 fully saturated rings. The number of nitrogens with one attached hydrogen (secondary N) is 2. The van der Waals surface area contributed by atoms with Crippen molar-refractivity contribution in [3.8, 4) is 5.75 Å². The molecule has 0 radical (unpaired) electrons. The van der Waals surface area contributed by atoms with Crippen molar-refractivity contribution >= 4 is 17.9 Å². The Balaban J connectivity index is 2.94. The minimum atomic E-state index is -1.04. The van der Waals surface area contributed by atoms with Gasteiger partial charge in [0.25, 0.3) is 0 Å². The highest BCUT2D eigenvalue weighted by Gasteiger charge is 2.31. The summed E-state index contributed by atoms with van der Waals surface area (Å²) in [6.07, 6.45) is -0.727. The molecular formula is C19H29N3O5. The maximum absolute atomic E-state index is 12.6. The van der Waals surface area contributed by atoms with Crippen LogP contribution in [0.3, 0.4) is 0 Å². The Labute approximate surface area is 159 Å². The number of carbonyl (C=O) groups is 3. The summed E-state index contributed by atoms with van der Waals surface area (Å²) in [4.78, 5) is 38.1. The number of phenols is 1. The molecule has 1 aromatic carbocycles. The molecule has 1 unspecified atom stereocenters. The fourth-order valence-corrected chi connectivity index (χ4v) is 2.34. The van der Waals surface area contributed by atoms with Gasteiger partial charge < -0.3 is 25.4 Å². The van der Waals surface area contributed by atoms with Crippen LogP contribution in [0.15, 0.2) is 24.3 Å². The molecule has 0 bridgehead atoms. The van der Waals surface area contributed by atoms with Crippen molar-refractivity contribution in [2.24, 2.45) is 0 Å². The minimum Gasteiger partial charge on any atom is -0.508 e. The van der Waals surface area contributed by atoms with Gasteiger partial charge in [-0.05, 0) is 40.7 Å². The molecule has 1 atom stereocenters. The van der Waals surface area contributed by atoms with E-state index < -0.39 is 29.6 Å². The lowest BCUT2D eigenvalue weighted by Gasteiger charge is -2.29. The highest BCUT2D eigenvalue weighted by Crippen LogP contribution is 2.28. The second kappa shape index (κ2) is 9.25. The number of hydrogen-bond acceptors (Lipinski definition) is 5. The van der Waals surface area contributed by atoms with E-state index in [-0.39, 0.29) is 18.3 Å². The second-order valence-electron chi connectivity index (χ2n) is 7.48. The van der Waals surface area contributed by atoms with Gasteiger partial charge in [-0.3, -0.25) is 9.59 Å². The number of aromatic hydroxyl groups is 1. The van der Waals surface area contributed by atoms with Gasteiger partial charge in [0.15, 0.2) is 0 Å². The van der Waals surface area contributed by atoms with Gasteiger partial charge in [-0.2, -0.15) is 0 Å². The third-order valence-electron chi connectivity index (χ3n) is 3.47.